The fraction of sp³-hybridized carbons (Fsp3) is 0.588. The van der Waals surface area contributed by atoms with Gasteiger partial charge in [0.1, 0.15) is 0 Å². The van der Waals surface area contributed by atoms with Crippen LogP contribution in [0.2, 0.25) is 0 Å². The smallest absolute Gasteiger partial charge is 0.243 e. The fourth-order valence-corrected chi connectivity index (χ4v) is 4.31. The largest absolute Gasteiger partial charge is 0.340 e. The lowest BCUT2D eigenvalue weighted by atomic mass is 10.3. The second-order valence-corrected chi connectivity index (χ2v) is 7.81. The quantitative estimate of drug-likeness (QED) is 0.740. The Morgan fingerprint density at radius 2 is 1.62 bits per heavy atom. The first-order valence-corrected chi connectivity index (χ1v) is 9.98. The number of sulfonamides is 1. The topological polar surface area (TPSA) is 60.9 Å². The minimum Gasteiger partial charge on any atom is -0.340 e. The monoisotopic (exact) mass is 353 g/mol. The van der Waals surface area contributed by atoms with Crippen molar-refractivity contribution in [1.29, 1.82) is 0 Å². The van der Waals surface area contributed by atoms with Gasteiger partial charge in [0, 0.05) is 39.1 Å². The Kier molecular flexibility index (Phi) is 6.77. The van der Waals surface area contributed by atoms with Crippen LogP contribution in [0.25, 0.3) is 0 Å². The Bertz CT molecular complexity index is 622. The molecule has 0 atom stereocenters. The third kappa shape index (κ3) is 4.55. The zero-order chi connectivity index (χ0) is 17.6. The highest BCUT2D eigenvalue weighted by Gasteiger charge is 2.29. The molecular formula is C17H27N3O3S. The van der Waals surface area contributed by atoms with Gasteiger partial charge >= 0.3 is 0 Å². The maximum Gasteiger partial charge on any atom is 0.243 e. The van der Waals surface area contributed by atoms with Gasteiger partial charge in [-0.3, -0.25) is 4.79 Å². The lowest BCUT2D eigenvalue weighted by Gasteiger charge is -2.34. The summed E-state index contributed by atoms with van der Waals surface area (Å²) >= 11 is 0. The number of carbonyl (C=O) groups excluding carboxylic acids is 1. The van der Waals surface area contributed by atoms with Crippen LogP contribution in [0.15, 0.2) is 35.2 Å². The van der Waals surface area contributed by atoms with Gasteiger partial charge in [-0.1, -0.05) is 32.0 Å². The highest BCUT2D eigenvalue weighted by molar-refractivity contribution is 7.89. The Labute approximate surface area is 145 Å². The Hall–Kier alpha value is -1.44. The molecule has 1 aromatic carbocycles. The highest BCUT2D eigenvalue weighted by Crippen LogP contribution is 2.17. The molecule has 1 amide bonds. The van der Waals surface area contributed by atoms with Gasteiger partial charge in [-0.15, -0.1) is 0 Å². The van der Waals surface area contributed by atoms with Crippen molar-refractivity contribution in [3.63, 3.8) is 0 Å². The van der Waals surface area contributed by atoms with E-state index in [4.69, 9.17) is 0 Å². The molecule has 6 nitrogen and oxygen atoms in total. The van der Waals surface area contributed by atoms with Crippen molar-refractivity contribution in [2.75, 3.05) is 45.8 Å². The van der Waals surface area contributed by atoms with E-state index >= 15 is 0 Å². The van der Waals surface area contributed by atoms with Crippen molar-refractivity contribution in [2.24, 2.45) is 0 Å². The molecule has 1 aromatic rings. The van der Waals surface area contributed by atoms with Crippen LogP contribution in [0.4, 0.5) is 0 Å². The maximum atomic E-state index is 12.6. The third-order valence-electron chi connectivity index (χ3n) is 4.51. The predicted octanol–water partition coefficient (Wildman–Crippen LogP) is 1.25. The molecule has 1 aliphatic rings. The molecule has 0 saturated carbocycles. The molecule has 2 rings (SSSR count). The van der Waals surface area contributed by atoms with Crippen LogP contribution in [-0.4, -0.2) is 74.2 Å². The van der Waals surface area contributed by atoms with Crippen LogP contribution in [0.1, 0.15) is 20.3 Å². The molecule has 7 heteroatoms. The third-order valence-corrected chi connectivity index (χ3v) is 6.42. The molecule has 0 unspecified atom stereocenters. The van der Waals surface area contributed by atoms with Crippen molar-refractivity contribution in [1.82, 2.24) is 14.1 Å². The van der Waals surface area contributed by atoms with E-state index in [9.17, 15) is 13.2 Å². The van der Waals surface area contributed by atoms with Gasteiger partial charge in [0.2, 0.25) is 15.9 Å². The summed E-state index contributed by atoms with van der Waals surface area (Å²) < 4.78 is 26.6. The fourth-order valence-electron chi connectivity index (χ4n) is 2.87. The van der Waals surface area contributed by atoms with Crippen LogP contribution >= 0.6 is 0 Å². The number of amides is 1. The van der Waals surface area contributed by atoms with Gasteiger partial charge in [-0.2, -0.15) is 4.31 Å². The minimum absolute atomic E-state index is 0.110. The molecule has 0 spiro atoms. The van der Waals surface area contributed by atoms with Crippen molar-refractivity contribution in [3.05, 3.63) is 30.3 Å². The summed E-state index contributed by atoms with van der Waals surface area (Å²) in [4.78, 5) is 16.6. The number of hydrogen-bond donors (Lipinski definition) is 0. The molecule has 1 fully saturated rings. The maximum absolute atomic E-state index is 12.6. The van der Waals surface area contributed by atoms with Crippen molar-refractivity contribution < 1.29 is 13.2 Å². The van der Waals surface area contributed by atoms with Crippen LogP contribution < -0.4 is 0 Å². The standard InChI is InChI=1S/C17H27N3O3S/c1-3-18(4-2)11-10-17(21)19-12-14-20(15-13-19)24(22,23)16-8-6-5-7-9-16/h5-9H,3-4,10-15H2,1-2H3. The van der Waals surface area contributed by atoms with Gasteiger partial charge in [-0.25, -0.2) is 8.42 Å². The Morgan fingerprint density at radius 3 is 2.17 bits per heavy atom. The summed E-state index contributed by atoms with van der Waals surface area (Å²) in [6, 6.07) is 8.46. The number of nitrogens with zero attached hydrogens (tertiary/aromatic N) is 3. The van der Waals surface area contributed by atoms with E-state index in [1.54, 1.807) is 35.2 Å². The van der Waals surface area contributed by atoms with E-state index in [0.717, 1.165) is 19.6 Å². The summed E-state index contributed by atoms with van der Waals surface area (Å²) in [6.07, 6.45) is 0.493. The van der Waals surface area contributed by atoms with Gasteiger partial charge in [0.15, 0.2) is 0 Å². The van der Waals surface area contributed by atoms with E-state index in [1.807, 2.05) is 0 Å². The normalized spacial score (nSPS) is 16.5. The molecule has 0 radical (unpaired) electrons. The van der Waals surface area contributed by atoms with Gasteiger partial charge in [0.05, 0.1) is 4.90 Å². The van der Waals surface area contributed by atoms with Crippen LogP contribution in [0.3, 0.4) is 0 Å². The van der Waals surface area contributed by atoms with Crippen molar-refractivity contribution in [3.8, 4) is 0 Å². The number of rotatable bonds is 7. The molecule has 0 aromatic heterocycles. The first kappa shape index (κ1) is 18.9. The minimum atomic E-state index is -3.46. The molecular weight excluding hydrogens is 326 g/mol. The summed E-state index contributed by atoms with van der Waals surface area (Å²) in [6.45, 7) is 8.44. The average Bonchev–Trinajstić information content (AvgIpc) is 2.63. The number of piperazine rings is 1. The predicted molar refractivity (Wildman–Crippen MR) is 94.2 cm³/mol. The highest BCUT2D eigenvalue weighted by atomic mass is 32.2. The summed E-state index contributed by atoms with van der Waals surface area (Å²) in [5, 5.41) is 0. The molecule has 1 saturated heterocycles. The van der Waals surface area contributed by atoms with E-state index in [-0.39, 0.29) is 5.91 Å². The summed E-state index contributed by atoms with van der Waals surface area (Å²) in [5.41, 5.74) is 0. The van der Waals surface area contributed by atoms with Crippen molar-refractivity contribution in [2.45, 2.75) is 25.2 Å². The van der Waals surface area contributed by atoms with E-state index in [1.165, 1.54) is 4.31 Å². The van der Waals surface area contributed by atoms with Gasteiger partial charge in [0.25, 0.3) is 0 Å². The SMILES string of the molecule is CCN(CC)CCC(=O)N1CCN(S(=O)(=O)c2ccccc2)CC1. The molecule has 0 N–H and O–H groups in total. The molecule has 1 aliphatic heterocycles. The zero-order valence-corrected chi connectivity index (χ0v) is 15.3. The van der Waals surface area contributed by atoms with Gasteiger partial charge < -0.3 is 9.80 Å². The number of benzene rings is 1. The van der Waals surface area contributed by atoms with Crippen LogP contribution in [0.5, 0.6) is 0 Å². The Morgan fingerprint density at radius 1 is 1.04 bits per heavy atom. The van der Waals surface area contributed by atoms with Gasteiger partial charge in [-0.05, 0) is 25.2 Å². The Balaban J connectivity index is 1.88. The summed E-state index contributed by atoms with van der Waals surface area (Å²) in [7, 11) is -3.46. The lowest BCUT2D eigenvalue weighted by molar-refractivity contribution is -0.132. The molecule has 24 heavy (non-hydrogen) atoms. The van der Waals surface area contributed by atoms with E-state index < -0.39 is 10.0 Å². The first-order chi connectivity index (χ1) is 11.5. The van der Waals surface area contributed by atoms with Crippen molar-refractivity contribution >= 4 is 15.9 Å². The van der Waals surface area contributed by atoms with E-state index in [0.29, 0.717) is 37.5 Å². The number of carbonyl (C=O) groups is 1. The van der Waals surface area contributed by atoms with E-state index in [2.05, 4.69) is 18.7 Å². The molecule has 0 bridgehead atoms. The second-order valence-electron chi connectivity index (χ2n) is 5.87. The summed E-state index contributed by atoms with van der Waals surface area (Å²) in [5.74, 6) is 0.110. The zero-order valence-electron chi connectivity index (χ0n) is 14.5. The lowest BCUT2D eigenvalue weighted by Crippen LogP contribution is -2.50. The van der Waals surface area contributed by atoms with Crippen LogP contribution in [0, 0.1) is 0 Å². The average molecular weight is 353 g/mol. The number of hydrogen-bond acceptors (Lipinski definition) is 4. The van der Waals surface area contributed by atoms with Crippen LogP contribution in [-0.2, 0) is 14.8 Å². The molecule has 134 valence electrons. The first-order valence-electron chi connectivity index (χ1n) is 8.54. The molecule has 0 aliphatic carbocycles. The molecule has 1 heterocycles. The second kappa shape index (κ2) is 8.60.